The van der Waals surface area contributed by atoms with Crippen LogP contribution in [0, 0.1) is 24.7 Å². The molecule has 0 bridgehead atoms. The van der Waals surface area contributed by atoms with E-state index in [0.29, 0.717) is 5.57 Å². The molecule has 0 fully saturated rings. The number of hydrogen-bond acceptors (Lipinski definition) is 0. The highest BCUT2D eigenvalue weighted by Gasteiger charge is 1.66. The van der Waals surface area contributed by atoms with E-state index < -0.39 is 0 Å². The Morgan fingerprint density at radius 1 is 1.33 bits per heavy atom. The fourth-order valence-electron chi connectivity index (χ4n) is 0.0417. The third-order valence-electron chi connectivity index (χ3n) is 0.348. The monoisotopic (exact) mass is 76.0 g/mol. The van der Waals surface area contributed by atoms with Gasteiger partial charge >= 0.3 is 0 Å². The average Bonchev–Trinajstić information content (AvgIpc) is 1.65. The highest BCUT2D eigenvalue weighted by molar-refractivity contribution is 5.37. The summed E-state index contributed by atoms with van der Waals surface area (Å²) in [6.07, 6.45) is 9.58. The predicted octanol–water partition coefficient (Wildman–Crippen LogP) is 0.809. The lowest BCUT2D eigenvalue weighted by atomic mass is 10.3. The summed E-state index contributed by atoms with van der Waals surface area (Å²) in [7, 11) is 0. The van der Waals surface area contributed by atoms with Crippen LogP contribution in [0.2, 0.25) is 0 Å². The second kappa shape index (κ2) is 2.12. The first-order valence-corrected chi connectivity index (χ1v) is 1.43. The summed E-state index contributed by atoms with van der Waals surface area (Å²) in [6, 6.07) is 0. The van der Waals surface area contributed by atoms with E-state index in [4.69, 9.17) is 12.8 Å². The average molecular weight is 76.1 g/mol. The van der Waals surface area contributed by atoms with Gasteiger partial charge in [0, 0.05) is 0 Å². The third-order valence-corrected chi connectivity index (χ3v) is 0.348. The van der Waals surface area contributed by atoms with Crippen molar-refractivity contribution >= 4 is 0 Å². The first kappa shape index (κ1) is 4.86. The second-order valence-electron chi connectivity index (χ2n) is 0.767. The number of hydrogen-bond donors (Lipinski definition) is 0. The van der Waals surface area contributed by atoms with Crippen LogP contribution in [0.5, 0.6) is 0 Å². The summed E-state index contributed by atoms with van der Waals surface area (Å²) >= 11 is 0. The van der Waals surface area contributed by atoms with E-state index in [1.807, 2.05) is 0 Å². The van der Waals surface area contributed by atoms with Gasteiger partial charge in [0.15, 0.2) is 0 Å². The fraction of sp³-hybridized carbons (Fsp3) is 0. The van der Waals surface area contributed by atoms with Gasteiger partial charge < -0.3 is 0 Å². The van der Waals surface area contributed by atoms with Gasteiger partial charge in [-0.25, -0.2) is 0 Å². The van der Waals surface area contributed by atoms with Crippen molar-refractivity contribution in [1.29, 1.82) is 0 Å². The van der Waals surface area contributed by atoms with Crippen LogP contribution in [-0.4, -0.2) is 0 Å². The van der Waals surface area contributed by atoms with Crippen LogP contribution >= 0.6 is 0 Å². The van der Waals surface area contributed by atoms with Gasteiger partial charge in [-0.2, -0.15) is 0 Å². The molecule has 28 valence electrons. The lowest BCUT2D eigenvalue weighted by Gasteiger charge is -1.67. The Morgan fingerprint density at radius 3 is 1.67 bits per heavy atom. The molecule has 0 aliphatic carbocycles. The van der Waals surface area contributed by atoms with Crippen molar-refractivity contribution in [1.82, 2.24) is 0 Å². The third kappa shape index (κ3) is 1.21. The molecule has 0 nitrogen and oxygen atoms in total. The van der Waals surface area contributed by atoms with E-state index in [-0.39, 0.29) is 0 Å². The molecule has 0 radical (unpaired) electrons. The van der Waals surface area contributed by atoms with Gasteiger partial charge in [-0.3, -0.25) is 0 Å². The number of rotatable bonds is 0. The molecule has 0 heteroatoms. The summed E-state index contributed by atoms with van der Waals surface area (Å²) in [4.78, 5) is 0. The Hall–Kier alpha value is -1.14. The predicted molar refractivity (Wildman–Crippen MR) is 26.8 cm³/mol. The summed E-state index contributed by atoms with van der Waals surface area (Å²) < 4.78 is 0. The van der Waals surface area contributed by atoms with Crippen molar-refractivity contribution < 1.29 is 0 Å². The van der Waals surface area contributed by atoms with Crippen molar-refractivity contribution in [2.24, 2.45) is 0 Å². The molecule has 0 aliphatic heterocycles. The molecule has 0 aromatic rings. The highest BCUT2D eigenvalue weighted by Crippen LogP contribution is 1.75. The normalized spacial score (nSPS) is 5.00. The fourth-order valence-corrected chi connectivity index (χ4v) is 0.0417. The zero-order valence-electron chi connectivity index (χ0n) is 3.36. The Morgan fingerprint density at radius 2 is 1.67 bits per heavy atom. The molecule has 6 heavy (non-hydrogen) atoms. The van der Waals surface area contributed by atoms with E-state index in [1.54, 1.807) is 0 Å². The SMILES string of the molecule is C#CC(=C)C#C. The van der Waals surface area contributed by atoms with Crippen LogP contribution in [-0.2, 0) is 0 Å². The minimum atomic E-state index is 0.398. The molecule has 0 aromatic carbocycles. The van der Waals surface area contributed by atoms with Gasteiger partial charge in [-0.1, -0.05) is 18.4 Å². The standard InChI is InChI=1S/C6H4/c1-4-6(3)5-2/h1-2H,3H2. The molecule has 0 saturated carbocycles. The molecule has 0 unspecified atom stereocenters. The molecular formula is C6H4. The molecule has 0 N–H and O–H groups in total. The molecule has 0 atom stereocenters. The van der Waals surface area contributed by atoms with Gasteiger partial charge in [0.25, 0.3) is 0 Å². The first-order chi connectivity index (χ1) is 2.81. The number of terminal acetylenes is 2. The molecule has 0 rings (SSSR count). The Bertz CT molecular complexity index is 111. The van der Waals surface area contributed by atoms with E-state index in [0.717, 1.165) is 0 Å². The lowest BCUT2D eigenvalue weighted by molar-refractivity contribution is 2.01. The Kier molecular flexibility index (Phi) is 1.72. The van der Waals surface area contributed by atoms with Crippen LogP contribution < -0.4 is 0 Å². The van der Waals surface area contributed by atoms with E-state index in [1.165, 1.54) is 0 Å². The zero-order chi connectivity index (χ0) is 4.99. The molecule has 0 saturated heterocycles. The van der Waals surface area contributed by atoms with Gasteiger partial charge in [0.2, 0.25) is 0 Å². The second-order valence-corrected chi connectivity index (χ2v) is 0.767. The molecule has 0 spiro atoms. The lowest BCUT2D eigenvalue weighted by Crippen LogP contribution is -1.58. The van der Waals surface area contributed by atoms with E-state index in [9.17, 15) is 0 Å². The van der Waals surface area contributed by atoms with Crippen molar-refractivity contribution in [3.8, 4) is 24.7 Å². The van der Waals surface area contributed by atoms with Crippen LogP contribution in [0.25, 0.3) is 0 Å². The van der Waals surface area contributed by atoms with Gasteiger partial charge in [-0.05, 0) is 0 Å². The molecule has 0 heterocycles. The molecule has 0 amide bonds. The van der Waals surface area contributed by atoms with Gasteiger partial charge in [0.05, 0.1) is 5.57 Å². The van der Waals surface area contributed by atoms with Crippen molar-refractivity contribution in [3.63, 3.8) is 0 Å². The summed E-state index contributed by atoms with van der Waals surface area (Å²) in [5.41, 5.74) is 0.398. The number of allylic oxidation sites excluding steroid dienone is 1. The van der Waals surface area contributed by atoms with Crippen LogP contribution in [0.3, 0.4) is 0 Å². The first-order valence-electron chi connectivity index (χ1n) is 1.43. The zero-order valence-corrected chi connectivity index (χ0v) is 3.36. The van der Waals surface area contributed by atoms with Crippen LogP contribution in [0.15, 0.2) is 12.2 Å². The summed E-state index contributed by atoms with van der Waals surface area (Å²) in [5.74, 6) is 4.37. The van der Waals surface area contributed by atoms with Gasteiger partial charge in [0.1, 0.15) is 0 Å². The van der Waals surface area contributed by atoms with E-state index >= 15 is 0 Å². The molecule has 0 aliphatic rings. The largest absolute Gasteiger partial charge is 0.114 e. The van der Waals surface area contributed by atoms with Gasteiger partial charge in [-0.15, -0.1) is 12.8 Å². The maximum atomic E-state index is 4.79. The van der Waals surface area contributed by atoms with Crippen LogP contribution in [0.4, 0.5) is 0 Å². The minimum absolute atomic E-state index is 0.398. The summed E-state index contributed by atoms with van der Waals surface area (Å²) in [5, 5.41) is 0. The van der Waals surface area contributed by atoms with Crippen molar-refractivity contribution in [2.45, 2.75) is 0 Å². The molecule has 0 aromatic heterocycles. The smallest absolute Gasteiger partial charge is 0.0666 e. The van der Waals surface area contributed by atoms with Crippen molar-refractivity contribution in [3.05, 3.63) is 12.2 Å². The summed E-state index contributed by atoms with van der Waals surface area (Å²) in [6.45, 7) is 3.32. The topological polar surface area (TPSA) is 0 Å². The quantitative estimate of drug-likeness (QED) is 0.374. The minimum Gasteiger partial charge on any atom is -0.114 e. The Labute approximate surface area is 37.9 Å². The molecular weight excluding hydrogens is 72.1 g/mol. The highest BCUT2D eigenvalue weighted by atomic mass is 13.7. The maximum absolute atomic E-state index is 4.79. The maximum Gasteiger partial charge on any atom is 0.0666 e. The Balaban J connectivity index is 3.75. The van der Waals surface area contributed by atoms with E-state index in [2.05, 4.69) is 18.4 Å². The van der Waals surface area contributed by atoms with Crippen molar-refractivity contribution in [2.75, 3.05) is 0 Å². The van der Waals surface area contributed by atoms with Crippen LogP contribution in [0.1, 0.15) is 0 Å².